The van der Waals surface area contributed by atoms with Gasteiger partial charge in [-0.3, -0.25) is 4.79 Å². The molecule has 4 aliphatic carbocycles. The summed E-state index contributed by atoms with van der Waals surface area (Å²) >= 11 is 0. The quantitative estimate of drug-likeness (QED) is 0.760. The summed E-state index contributed by atoms with van der Waals surface area (Å²) in [4.78, 5) is 12.8. The van der Waals surface area contributed by atoms with Crippen LogP contribution < -0.4 is 0 Å². The molecule has 26 heavy (non-hydrogen) atoms. The number of methoxy groups -OCH3 is 1. The number of allylic oxidation sites excluding steroid dienone is 1. The molecule has 9 atom stereocenters. The van der Waals surface area contributed by atoms with Crippen LogP contribution in [0.2, 0.25) is 0 Å². The van der Waals surface area contributed by atoms with Crippen molar-refractivity contribution < 1.29 is 14.6 Å². The van der Waals surface area contributed by atoms with Crippen LogP contribution in [0.1, 0.15) is 65.2 Å². The third-order valence-electron chi connectivity index (χ3n) is 9.48. The number of ether oxygens (including phenoxy) is 1. The van der Waals surface area contributed by atoms with Crippen molar-refractivity contribution in [2.24, 2.45) is 40.4 Å². The summed E-state index contributed by atoms with van der Waals surface area (Å²) in [6.45, 7) is 8.38. The molecule has 0 spiro atoms. The molecule has 3 heteroatoms. The minimum Gasteiger partial charge on any atom is -0.390 e. The minimum absolute atomic E-state index is 0.0287. The van der Waals surface area contributed by atoms with Crippen molar-refractivity contribution >= 4 is 5.78 Å². The molecule has 3 nitrogen and oxygen atoms in total. The number of aliphatic hydroxyl groups is 1. The first-order chi connectivity index (χ1) is 12.4. The summed E-state index contributed by atoms with van der Waals surface area (Å²) in [6.07, 6.45) is 10.5. The fourth-order valence-corrected chi connectivity index (χ4v) is 8.24. The van der Waals surface area contributed by atoms with Gasteiger partial charge in [0.2, 0.25) is 0 Å². The number of fused-ring (bicyclic) bond motifs is 5. The van der Waals surface area contributed by atoms with Crippen LogP contribution in [0.3, 0.4) is 0 Å². The molecule has 0 amide bonds. The zero-order chi connectivity index (χ0) is 18.7. The number of carbonyl (C=O) groups excluding carboxylic acids is 1. The molecule has 0 aromatic rings. The van der Waals surface area contributed by atoms with Crippen LogP contribution >= 0.6 is 0 Å². The normalized spacial score (nSPS) is 53.3. The molecular weight excluding hydrogens is 324 g/mol. The molecule has 0 aromatic heterocycles. The molecular formula is C23H36O3. The van der Waals surface area contributed by atoms with Crippen molar-refractivity contribution in [3.05, 3.63) is 12.7 Å². The Morgan fingerprint density at radius 2 is 1.96 bits per heavy atom. The maximum Gasteiger partial charge on any atom is 0.136 e. The molecule has 0 unspecified atom stereocenters. The molecule has 4 rings (SSSR count). The van der Waals surface area contributed by atoms with Crippen molar-refractivity contribution in [3.8, 4) is 0 Å². The van der Waals surface area contributed by atoms with E-state index in [1.54, 1.807) is 7.11 Å². The van der Waals surface area contributed by atoms with Gasteiger partial charge in [0.15, 0.2) is 0 Å². The third-order valence-corrected chi connectivity index (χ3v) is 9.48. The Morgan fingerprint density at radius 3 is 2.62 bits per heavy atom. The monoisotopic (exact) mass is 360 g/mol. The van der Waals surface area contributed by atoms with Gasteiger partial charge in [-0.25, -0.2) is 0 Å². The van der Waals surface area contributed by atoms with E-state index in [4.69, 9.17) is 4.74 Å². The highest BCUT2D eigenvalue weighted by Crippen LogP contribution is 2.68. The first kappa shape index (κ1) is 18.7. The summed E-state index contributed by atoms with van der Waals surface area (Å²) in [7, 11) is 1.74. The van der Waals surface area contributed by atoms with Gasteiger partial charge in [0.05, 0.1) is 12.2 Å². The lowest BCUT2D eigenvalue weighted by Gasteiger charge is -2.61. The van der Waals surface area contributed by atoms with E-state index < -0.39 is 0 Å². The van der Waals surface area contributed by atoms with Crippen LogP contribution in [-0.4, -0.2) is 30.2 Å². The Kier molecular flexibility index (Phi) is 4.63. The third kappa shape index (κ3) is 2.35. The summed E-state index contributed by atoms with van der Waals surface area (Å²) in [5, 5.41) is 10.5. The van der Waals surface area contributed by atoms with Crippen molar-refractivity contribution in [3.63, 3.8) is 0 Å². The maximum absolute atomic E-state index is 12.8. The number of carbonyl (C=O) groups is 1. The summed E-state index contributed by atoms with van der Waals surface area (Å²) in [5.41, 5.74) is 0.110. The van der Waals surface area contributed by atoms with Crippen LogP contribution in [0, 0.1) is 40.4 Å². The standard InChI is InChI=1S/C23H36O3/c1-5-15-7-9-19-17-8-6-16-12-20(25)21(26-4)13-22(16,3)18(17)10-11-23(15,19)14(2)24/h5,15-21,25H,1,6-13H2,2-4H3/t15-,16-,17+,18-,19-,20-,21-,22-,23-/m0/s1. The maximum atomic E-state index is 12.8. The molecule has 0 radical (unpaired) electrons. The molecule has 0 bridgehead atoms. The van der Waals surface area contributed by atoms with Crippen molar-refractivity contribution in [2.75, 3.05) is 7.11 Å². The Balaban J connectivity index is 1.66. The summed E-state index contributed by atoms with van der Waals surface area (Å²) < 4.78 is 5.66. The Labute approximate surface area is 158 Å². The molecule has 0 aliphatic heterocycles. The van der Waals surface area contributed by atoms with E-state index >= 15 is 0 Å². The van der Waals surface area contributed by atoms with Gasteiger partial charge in [0, 0.05) is 12.5 Å². The molecule has 4 aliphatic rings. The lowest BCUT2D eigenvalue weighted by molar-refractivity contribution is -0.171. The van der Waals surface area contributed by atoms with Crippen molar-refractivity contribution in [1.29, 1.82) is 0 Å². The molecule has 0 saturated heterocycles. The van der Waals surface area contributed by atoms with Crippen molar-refractivity contribution in [2.45, 2.75) is 77.4 Å². The lowest BCUT2D eigenvalue weighted by atomic mass is 9.43. The molecule has 4 fully saturated rings. The fraction of sp³-hybridized carbons (Fsp3) is 0.870. The zero-order valence-corrected chi connectivity index (χ0v) is 16.7. The van der Waals surface area contributed by atoms with Gasteiger partial charge in [-0.05, 0) is 93.3 Å². The van der Waals surface area contributed by atoms with E-state index in [9.17, 15) is 9.90 Å². The van der Waals surface area contributed by atoms with E-state index in [2.05, 4.69) is 19.6 Å². The topological polar surface area (TPSA) is 46.5 Å². The Bertz CT molecular complexity index is 586. The van der Waals surface area contributed by atoms with E-state index in [0.717, 1.165) is 32.1 Å². The highest BCUT2D eigenvalue weighted by molar-refractivity contribution is 5.84. The second kappa shape index (κ2) is 6.44. The van der Waals surface area contributed by atoms with Gasteiger partial charge in [0.25, 0.3) is 0 Å². The highest BCUT2D eigenvalue weighted by atomic mass is 16.5. The molecule has 4 saturated carbocycles. The lowest BCUT2D eigenvalue weighted by Crippen LogP contribution is -2.58. The van der Waals surface area contributed by atoms with Crippen LogP contribution in [0.15, 0.2) is 12.7 Å². The highest BCUT2D eigenvalue weighted by Gasteiger charge is 2.63. The second-order valence-electron chi connectivity index (χ2n) is 9.99. The molecule has 0 aromatic carbocycles. The van der Waals surface area contributed by atoms with Crippen LogP contribution in [0.5, 0.6) is 0 Å². The van der Waals surface area contributed by atoms with Gasteiger partial charge in [0.1, 0.15) is 5.78 Å². The number of hydrogen-bond donors (Lipinski definition) is 1. The van der Waals surface area contributed by atoms with E-state index in [1.807, 2.05) is 6.92 Å². The Hall–Kier alpha value is -0.670. The smallest absolute Gasteiger partial charge is 0.136 e. The first-order valence-corrected chi connectivity index (χ1v) is 10.7. The molecule has 146 valence electrons. The number of aliphatic hydroxyl groups excluding tert-OH is 1. The minimum atomic E-state index is -0.314. The van der Waals surface area contributed by atoms with Crippen LogP contribution in [0.4, 0.5) is 0 Å². The van der Waals surface area contributed by atoms with Gasteiger partial charge in [-0.1, -0.05) is 13.0 Å². The van der Waals surface area contributed by atoms with Crippen molar-refractivity contribution in [1.82, 2.24) is 0 Å². The SMILES string of the molecule is C=C[C@H]1CC[C@H]2[C@@H]3CC[C@H]4C[C@H](O)[C@@H](OC)C[C@]4(C)[C@H]3CC[C@]12C(C)=O. The largest absolute Gasteiger partial charge is 0.390 e. The number of hydrogen-bond acceptors (Lipinski definition) is 3. The second-order valence-corrected chi connectivity index (χ2v) is 9.99. The molecule has 1 N–H and O–H groups in total. The van der Waals surface area contributed by atoms with Gasteiger partial charge >= 0.3 is 0 Å². The number of rotatable bonds is 3. The number of Topliss-reactive ketones (excluding diaryl/α,β-unsaturated/α-hetero) is 1. The Morgan fingerprint density at radius 1 is 1.19 bits per heavy atom. The predicted octanol–water partition coefficient (Wildman–Crippen LogP) is 4.39. The van der Waals surface area contributed by atoms with E-state index in [0.29, 0.717) is 35.4 Å². The number of ketones is 1. The van der Waals surface area contributed by atoms with Crippen LogP contribution in [0.25, 0.3) is 0 Å². The fourth-order valence-electron chi connectivity index (χ4n) is 8.24. The van der Waals surface area contributed by atoms with E-state index in [1.165, 1.54) is 19.3 Å². The van der Waals surface area contributed by atoms with Gasteiger partial charge in [-0.15, -0.1) is 6.58 Å². The molecule has 0 heterocycles. The summed E-state index contributed by atoms with van der Waals surface area (Å²) in [5.74, 6) is 3.25. The first-order valence-electron chi connectivity index (χ1n) is 10.7. The average Bonchev–Trinajstić information content (AvgIpc) is 3.02. The van der Waals surface area contributed by atoms with Gasteiger partial charge < -0.3 is 9.84 Å². The van der Waals surface area contributed by atoms with Crippen LogP contribution in [-0.2, 0) is 9.53 Å². The predicted molar refractivity (Wildman–Crippen MR) is 103 cm³/mol. The zero-order valence-electron chi connectivity index (χ0n) is 16.7. The van der Waals surface area contributed by atoms with E-state index in [-0.39, 0.29) is 23.0 Å². The van der Waals surface area contributed by atoms with Gasteiger partial charge in [-0.2, -0.15) is 0 Å². The average molecular weight is 361 g/mol. The summed E-state index contributed by atoms with van der Waals surface area (Å²) in [6, 6.07) is 0.